The molecule has 0 aliphatic carbocycles. The van der Waals surface area contributed by atoms with Crippen molar-refractivity contribution in [3.05, 3.63) is 88.7 Å². The minimum absolute atomic E-state index is 0.0536. The molecule has 2 aromatic carbocycles. The smallest absolute Gasteiger partial charge is 0.270 e. The van der Waals surface area contributed by atoms with E-state index in [9.17, 15) is 17.6 Å². The number of sulfonamides is 1. The van der Waals surface area contributed by atoms with Crippen molar-refractivity contribution in [2.75, 3.05) is 19.6 Å². The van der Waals surface area contributed by atoms with Crippen molar-refractivity contribution in [2.24, 2.45) is 0 Å². The third-order valence-corrected chi connectivity index (χ3v) is 9.56. The summed E-state index contributed by atoms with van der Waals surface area (Å²) >= 11 is 1.60. The highest BCUT2D eigenvalue weighted by Crippen LogP contribution is 2.29. The fourth-order valence-electron chi connectivity index (χ4n) is 4.65. The van der Waals surface area contributed by atoms with Gasteiger partial charge in [-0.3, -0.25) is 4.79 Å². The van der Waals surface area contributed by atoms with Gasteiger partial charge in [-0.25, -0.2) is 12.8 Å². The Hall–Kier alpha value is -3.01. The molecule has 2 aromatic heterocycles. The average Bonchev–Trinajstić information content (AvgIpc) is 3.42. The normalized spacial score (nSPS) is 17.2. The van der Waals surface area contributed by atoms with Gasteiger partial charge in [-0.2, -0.15) is 4.31 Å². The van der Waals surface area contributed by atoms with E-state index < -0.39 is 21.9 Å². The van der Waals surface area contributed by atoms with Crippen LogP contribution < -0.4 is 0 Å². The van der Waals surface area contributed by atoms with Crippen LogP contribution in [0.25, 0.3) is 10.2 Å². The van der Waals surface area contributed by atoms with Gasteiger partial charge < -0.3 is 9.47 Å². The van der Waals surface area contributed by atoms with Gasteiger partial charge in [-0.05, 0) is 66.8 Å². The summed E-state index contributed by atoms with van der Waals surface area (Å²) in [5.41, 5.74) is 2.92. The van der Waals surface area contributed by atoms with E-state index in [2.05, 4.69) is 23.6 Å². The van der Waals surface area contributed by atoms with Crippen molar-refractivity contribution in [3.8, 4) is 0 Å². The van der Waals surface area contributed by atoms with E-state index in [4.69, 9.17) is 0 Å². The lowest BCUT2D eigenvalue weighted by molar-refractivity contribution is 0.0632. The van der Waals surface area contributed by atoms with Crippen LogP contribution in [0.4, 0.5) is 4.39 Å². The summed E-state index contributed by atoms with van der Waals surface area (Å²) in [4.78, 5) is 16.5. The lowest BCUT2D eigenvalue weighted by Crippen LogP contribution is -2.55. The molecule has 0 unspecified atom stereocenters. The van der Waals surface area contributed by atoms with Crippen molar-refractivity contribution in [2.45, 2.75) is 31.3 Å². The van der Waals surface area contributed by atoms with Gasteiger partial charge >= 0.3 is 0 Å². The number of halogens is 1. The van der Waals surface area contributed by atoms with Crippen LogP contribution in [0.5, 0.6) is 0 Å². The maximum Gasteiger partial charge on any atom is 0.270 e. The summed E-state index contributed by atoms with van der Waals surface area (Å²) in [5.74, 6) is -0.589. The van der Waals surface area contributed by atoms with Crippen molar-refractivity contribution < 1.29 is 17.6 Å². The van der Waals surface area contributed by atoms with Crippen LogP contribution in [0, 0.1) is 12.7 Å². The second-order valence-corrected chi connectivity index (χ2v) is 11.7. The molecular weight excluding hydrogens is 485 g/mol. The van der Waals surface area contributed by atoms with Crippen LogP contribution in [0.1, 0.15) is 28.5 Å². The number of nitrogens with zero attached hydrogens (tertiary/aromatic N) is 3. The van der Waals surface area contributed by atoms with Crippen LogP contribution in [0.2, 0.25) is 0 Å². The van der Waals surface area contributed by atoms with Crippen molar-refractivity contribution in [1.82, 2.24) is 13.8 Å². The molecule has 1 amide bonds. The van der Waals surface area contributed by atoms with Crippen LogP contribution in [0.3, 0.4) is 0 Å². The SMILES string of the molecule is Cc1ccccc1Cn1c(C(=O)N2CCN(S(=O)(=O)c3ccc(F)cc3)[C@H](C)C2)cc2ccsc21. The maximum atomic E-state index is 13.7. The Morgan fingerprint density at radius 2 is 1.83 bits per heavy atom. The topological polar surface area (TPSA) is 62.6 Å². The second kappa shape index (κ2) is 9.22. The molecule has 0 N–H and O–H groups in total. The third-order valence-electron chi connectivity index (χ3n) is 6.59. The van der Waals surface area contributed by atoms with Gasteiger partial charge in [-0.15, -0.1) is 11.3 Å². The molecule has 35 heavy (non-hydrogen) atoms. The third kappa shape index (κ3) is 4.39. The number of hydrogen-bond donors (Lipinski definition) is 0. The molecule has 0 spiro atoms. The predicted octanol–water partition coefficient (Wildman–Crippen LogP) is 4.73. The summed E-state index contributed by atoms with van der Waals surface area (Å²) in [6.45, 7) is 5.20. The minimum Gasteiger partial charge on any atom is -0.334 e. The zero-order valence-corrected chi connectivity index (χ0v) is 21.2. The van der Waals surface area contributed by atoms with Crippen molar-refractivity contribution in [1.29, 1.82) is 0 Å². The summed E-state index contributed by atoms with van der Waals surface area (Å²) in [6.07, 6.45) is 0. The summed E-state index contributed by atoms with van der Waals surface area (Å²) in [7, 11) is -3.78. The Morgan fingerprint density at radius 3 is 2.54 bits per heavy atom. The summed E-state index contributed by atoms with van der Waals surface area (Å²) < 4.78 is 43.0. The highest BCUT2D eigenvalue weighted by Gasteiger charge is 2.36. The van der Waals surface area contributed by atoms with Gasteiger partial charge in [0.05, 0.1) is 4.90 Å². The lowest BCUT2D eigenvalue weighted by atomic mass is 10.1. The number of aryl methyl sites for hydroxylation is 1. The Morgan fingerprint density at radius 1 is 1.09 bits per heavy atom. The Bertz CT molecular complexity index is 1490. The fourth-order valence-corrected chi connectivity index (χ4v) is 7.16. The number of rotatable bonds is 5. The standard InChI is InChI=1S/C26H26FN3O3S2/c1-18-5-3-4-6-21(18)17-29-24(15-20-11-14-34-26(20)29)25(31)28-12-13-30(19(2)16-28)35(32,33)23-9-7-22(27)8-10-23/h3-11,14-15,19H,12-13,16-17H2,1-2H3/t19-/m1/s1. The highest BCUT2D eigenvalue weighted by atomic mass is 32.2. The Balaban J connectivity index is 1.39. The largest absolute Gasteiger partial charge is 0.334 e. The van der Waals surface area contributed by atoms with E-state index in [0.29, 0.717) is 12.2 Å². The molecule has 1 saturated heterocycles. The molecule has 1 aliphatic heterocycles. The van der Waals surface area contributed by atoms with E-state index in [1.54, 1.807) is 23.2 Å². The molecule has 0 saturated carbocycles. The molecule has 4 aromatic rings. The zero-order valence-electron chi connectivity index (χ0n) is 19.5. The molecule has 6 nitrogen and oxygen atoms in total. The van der Waals surface area contributed by atoms with Crippen molar-refractivity contribution >= 4 is 37.5 Å². The minimum atomic E-state index is -3.78. The van der Waals surface area contributed by atoms with Gasteiger partial charge in [-0.1, -0.05) is 24.3 Å². The Labute approximate surface area is 208 Å². The summed E-state index contributed by atoms with van der Waals surface area (Å²) in [6, 6.07) is 16.5. The van der Waals surface area contributed by atoms with Crippen LogP contribution in [-0.4, -0.2) is 53.8 Å². The van der Waals surface area contributed by atoms with E-state index in [1.165, 1.54) is 16.4 Å². The van der Waals surface area contributed by atoms with Crippen LogP contribution >= 0.6 is 11.3 Å². The molecule has 5 rings (SSSR count). The van der Waals surface area contributed by atoms with E-state index in [-0.39, 0.29) is 30.4 Å². The molecule has 9 heteroatoms. The van der Waals surface area contributed by atoms with Crippen molar-refractivity contribution in [3.63, 3.8) is 0 Å². The van der Waals surface area contributed by atoms with E-state index >= 15 is 0 Å². The first-order chi connectivity index (χ1) is 16.8. The van der Waals surface area contributed by atoms with Gasteiger partial charge in [0.25, 0.3) is 5.91 Å². The lowest BCUT2D eigenvalue weighted by Gasteiger charge is -2.39. The van der Waals surface area contributed by atoms with Crippen LogP contribution in [-0.2, 0) is 16.6 Å². The monoisotopic (exact) mass is 511 g/mol. The molecule has 182 valence electrons. The first-order valence-corrected chi connectivity index (χ1v) is 13.8. The number of thiophene rings is 1. The number of amides is 1. The Kier molecular flexibility index (Phi) is 6.25. The molecular formula is C26H26FN3O3S2. The first-order valence-electron chi connectivity index (χ1n) is 11.4. The van der Waals surface area contributed by atoms with Gasteiger partial charge in [0.1, 0.15) is 16.3 Å². The van der Waals surface area contributed by atoms with Gasteiger partial charge in [0.15, 0.2) is 0 Å². The van der Waals surface area contributed by atoms with E-state index in [0.717, 1.165) is 33.5 Å². The maximum absolute atomic E-state index is 13.7. The van der Waals surface area contributed by atoms with Gasteiger partial charge in [0.2, 0.25) is 10.0 Å². The number of benzene rings is 2. The number of carbonyl (C=O) groups is 1. The number of aromatic nitrogens is 1. The number of carbonyl (C=O) groups excluding carboxylic acids is 1. The number of piperazine rings is 1. The molecule has 1 aliphatic rings. The van der Waals surface area contributed by atoms with Gasteiger partial charge in [0, 0.05) is 37.6 Å². The molecule has 0 bridgehead atoms. The quantitative estimate of drug-likeness (QED) is 0.389. The second-order valence-electron chi connectivity index (χ2n) is 8.89. The fraction of sp³-hybridized carbons (Fsp3) is 0.269. The molecule has 3 heterocycles. The molecule has 0 radical (unpaired) electrons. The average molecular weight is 512 g/mol. The predicted molar refractivity (Wildman–Crippen MR) is 136 cm³/mol. The summed E-state index contributed by atoms with van der Waals surface area (Å²) in [5, 5.41) is 3.05. The number of fused-ring (bicyclic) bond motifs is 1. The molecule has 1 atom stereocenters. The van der Waals surface area contributed by atoms with Crippen LogP contribution in [0.15, 0.2) is 70.9 Å². The zero-order chi connectivity index (χ0) is 24.7. The van der Waals surface area contributed by atoms with E-state index in [1.807, 2.05) is 29.6 Å². The first kappa shape index (κ1) is 23.7. The molecule has 1 fully saturated rings. The highest BCUT2D eigenvalue weighted by molar-refractivity contribution is 7.89. The number of hydrogen-bond acceptors (Lipinski definition) is 4.